The lowest BCUT2D eigenvalue weighted by Gasteiger charge is -2.33. The van der Waals surface area contributed by atoms with Gasteiger partial charge in [-0.2, -0.15) is 0 Å². The van der Waals surface area contributed by atoms with E-state index in [0.717, 1.165) is 76.1 Å². The lowest BCUT2D eigenvalue weighted by molar-refractivity contribution is 0.0500. The minimum absolute atomic E-state index is 0.0484. The van der Waals surface area contributed by atoms with Crippen LogP contribution < -0.4 is 14.2 Å². The molecule has 3 amide bonds. The molecule has 1 fully saturated rings. The first-order valence-corrected chi connectivity index (χ1v) is 33.0. The standard InChI is InChI=1S/C28H37N3O3.C23H26N2O4.C21H23BrN2O3/c1-21(30-12-5-2-6-13-30)23-9-10-26-27(17-23)34-16-15-31(28(26)33)20-25(32)19-29-14-11-22-7-3-4-8-24(22)18-29;1-16(26)18-6-7-21-22(12-18)29-11-10-25(23(21)28)15-20(27)14-24-9-8-17-4-2-3-5-19(17)13-24;22-17-5-6-19-20(11-17)27-10-9-24(21(19)26)14-18(25)13-23-8-7-15-3-1-2-4-16(15)12-23/h3-4,7-10,17,21,25,32H,2,5-6,11-16,18-20H2,1H3;2-7,12,20,27H,8-11,13-15H2,1H3;1-6,11,18,25H,7-10,12-14H2/t21?,25-;20-;18-/m111/s1. The van der Waals surface area contributed by atoms with E-state index in [4.69, 9.17) is 14.2 Å². The molecule has 7 heterocycles. The zero-order valence-corrected chi connectivity index (χ0v) is 53.6. The summed E-state index contributed by atoms with van der Waals surface area (Å²) in [4.78, 5) is 65.1. The molecule has 0 radical (unpaired) electrons. The molecule has 0 aromatic heterocycles. The highest BCUT2D eigenvalue weighted by Crippen LogP contribution is 2.33. The summed E-state index contributed by atoms with van der Waals surface area (Å²) in [6.07, 6.45) is 5.00. The first-order chi connectivity index (χ1) is 43.7. The molecule has 476 valence electrons. The van der Waals surface area contributed by atoms with Crippen LogP contribution in [0.1, 0.15) is 120 Å². The molecule has 0 saturated carbocycles. The number of carbonyl (C=O) groups excluding carboxylic acids is 4. The summed E-state index contributed by atoms with van der Waals surface area (Å²) in [7, 11) is 0. The highest BCUT2D eigenvalue weighted by Gasteiger charge is 2.32. The van der Waals surface area contributed by atoms with Gasteiger partial charge < -0.3 is 44.2 Å². The topological polar surface area (TPSA) is 179 Å². The fraction of sp³-hybridized carbons (Fsp3) is 0.444. The number of benzene rings is 6. The zero-order valence-electron chi connectivity index (χ0n) is 52.0. The highest BCUT2D eigenvalue weighted by atomic mass is 79.9. The second-order valence-electron chi connectivity index (χ2n) is 25.0. The highest BCUT2D eigenvalue weighted by molar-refractivity contribution is 9.10. The average Bonchev–Trinajstić information content (AvgIpc) is 2.56. The number of β-amino-alcohol motifs (C(OH)–C–C–N with tert-alkyl or cyclic N) is 3. The van der Waals surface area contributed by atoms with Crippen molar-refractivity contribution in [3.63, 3.8) is 0 Å². The quantitative estimate of drug-likeness (QED) is 0.0836. The maximum Gasteiger partial charge on any atom is 0.257 e. The van der Waals surface area contributed by atoms with Gasteiger partial charge in [-0.25, -0.2) is 0 Å². The number of piperidine rings is 1. The number of ether oxygens (including phenoxy) is 3. The van der Waals surface area contributed by atoms with Gasteiger partial charge in [-0.3, -0.25) is 38.8 Å². The SMILES string of the molecule is CC(=O)c1ccc2c(c1)OCCN(C[C@H](O)CN1CCc3ccccc3C1)C2=O.CC(c1ccc2c(c1)OCCN(C[C@H](O)CN1CCc3ccccc3C1)C2=O)N1CCCCC1.O=C1c2ccc(Br)cc2OCCN1C[C@H](O)CN1CCc2ccccc2C1. The number of aliphatic hydroxyl groups is 3. The molecule has 1 unspecified atom stereocenters. The molecule has 6 aromatic carbocycles. The number of carbonyl (C=O) groups is 4. The molecule has 1 saturated heterocycles. The van der Waals surface area contributed by atoms with Crippen LogP contribution >= 0.6 is 15.9 Å². The monoisotopic (exact) mass is 1290 g/mol. The van der Waals surface area contributed by atoms with E-state index in [1.54, 1.807) is 39.0 Å². The molecule has 0 aliphatic carbocycles. The van der Waals surface area contributed by atoms with Gasteiger partial charge in [-0.05, 0) is 140 Å². The first kappa shape index (κ1) is 64.5. The van der Waals surface area contributed by atoms with Crippen LogP contribution in [0.25, 0.3) is 0 Å². The Morgan fingerprint density at radius 1 is 0.456 bits per heavy atom. The molecule has 7 aliphatic rings. The number of hydrogen-bond acceptors (Lipinski definition) is 14. The van der Waals surface area contributed by atoms with Crippen molar-refractivity contribution in [1.29, 1.82) is 0 Å². The number of ketones is 1. The molecule has 3 N–H and O–H groups in total. The maximum absolute atomic E-state index is 13.3. The number of likely N-dealkylation sites (tertiary alicyclic amines) is 1. The summed E-state index contributed by atoms with van der Waals surface area (Å²) in [5.74, 6) is 1.34. The van der Waals surface area contributed by atoms with Crippen LogP contribution in [-0.2, 0) is 38.9 Å². The normalized spacial score (nSPS) is 19.2. The number of aliphatic hydroxyl groups excluding tert-OH is 3. The molecule has 17 nitrogen and oxygen atoms in total. The fourth-order valence-corrected chi connectivity index (χ4v) is 13.9. The van der Waals surface area contributed by atoms with Crippen LogP contribution in [0.15, 0.2) is 132 Å². The van der Waals surface area contributed by atoms with E-state index in [0.29, 0.717) is 118 Å². The Morgan fingerprint density at radius 2 is 0.833 bits per heavy atom. The van der Waals surface area contributed by atoms with Crippen molar-refractivity contribution < 1.29 is 48.7 Å². The van der Waals surface area contributed by atoms with Crippen LogP contribution in [0, 0.1) is 0 Å². The Balaban J connectivity index is 0.000000140. The van der Waals surface area contributed by atoms with Gasteiger partial charge in [0, 0.05) is 94.6 Å². The summed E-state index contributed by atoms with van der Waals surface area (Å²) in [5.41, 5.74) is 11.5. The molecule has 4 atom stereocenters. The van der Waals surface area contributed by atoms with Crippen molar-refractivity contribution in [2.45, 2.75) is 96.4 Å². The van der Waals surface area contributed by atoms with Gasteiger partial charge >= 0.3 is 0 Å². The second-order valence-corrected chi connectivity index (χ2v) is 25.9. The summed E-state index contributed by atoms with van der Waals surface area (Å²) in [6, 6.07) is 42.1. The van der Waals surface area contributed by atoms with Crippen molar-refractivity contribution >= 4 is 39.4 Å². The van der Waals surface area contributed by atoms with E-state index in [-0.39, 0.29) is 30.0 Å². The Labute approximate surface area is 537 Å². The molecular weight excluding hydrogens is 1200 g/mol. The third-order valence-corrected chi connectivity index (χ3v) is 19.0. The molecule has 90 heavy (non-hydrogen) atoms. The molecule has 0 spiro atoms. The number of nitrogens with zero attached hydrogens (tertiary/aromatic N) is 7. The van der Waals surface area contributed by atoms with Gasteiger partial charge in [-0.1, -0.05) is 107 Å². The van der Waals surface area contributed by atoms with E-state index in [1.807, 2.05) is 24.3 Å². The Kier molecular flexibility index (Phi) is 21.8. The Bertz CT molecular complexity index is 3490. The van der Waals surface area contributed by atoms with Crippen LogP contribution in [0.5, 0.6) is 17.2 Å². The molecule has 0 bridgehead atoms. The summed E-state index contributed by atoms with van der Waals surface area (Å²) in [5, 5.41) is 32.1. The predicted molar refractivity (Wildman–Crippen MR) is 349 cm³/mol. The van der Waals surface area contributed by atoms with Crippen molar-refractivity contribution in [3.8, 4) is 17.2 Å². The van der Waals surface area contributed by atoms with Gasteiger partial charge in [-0.15, -0.1) is 0 Å². The minimum Gasteiger partial charge on any atom is -0.491 e. The molecule has 13 rings (SSSR count). The van der Waals surface area contributed by atoms with Gasteiger partial charge in [0.15, 0.2) is 5.78 Å². The van der Waals surface area contributed by atoms with Crippen molar-refractivity contribution in [3.05, 3.63) is 193 Å². The van der Waals surface area contributed by atoms with E-state index >= 15 is 0 Å². The zero-order chi connectivity index (χ0) is 62.7. The third-order valence-electron chi connectivity index (χ3n) is 18.5. The molecular formula is C72H86BrN7O10. The number of rotatable bonds is 15. The maximum atomic E-state index is 13.3. The lowest BCUT2D eigenvalue weighted by Crippen LogP contribution is -2.44. The smallest absolute Gasteiger partial charge is 0.257 e. The molecule has 6 aromatic rings. The van der Waals surface area contributed by atoms with Crippen molar-refractivity contribution in [1.82, 2.24) is 34.3 Å². The summed E-state index contributed by atoms with van der Waals surface area (Å²) < 4.78 is 18.3. The van der Waals surface area contributed by atoms with Gasteiger partial charge in [0.05, 0.1) is 54.6 Å². The van der Waals surface area contributed by atoms with E-state index in [1.165, 1.54) is 65.1 Å². The fourth-order valence-electron chi connectivity index (χ4n) is 13.5. The number of Topliss-reactive ketones (excluding diaryl/α,β-unsaturated/α-hetero) is 1. The van der Waals surface area contributed by atoms with Crippen LogP contribution in [-0.4, -0.2) is 203 Å². The van der Waals surface area contributed by atoms with Crippen LogP contribution in [0.3, 0.4) is 0 Å². The Hall–Kier alpha value is -7.00. The largest absolute Gasteiger partial charge is 0.491 e. The second kappa shape index (κ2) is 30.4. The Morgan fingerprint density at radius 3 is 1.26 bits per heavy atom. The molecule has 18 heteroatoms. The molecule has 7 aliphatic heterocycles. The van der Waals surface area contributed by atoms with Gasteiger partial charge in [0.25, 0.3) is 17.7 Å². The summed E-state index contributed by atoms with van der Waals surface area (Å²) in [6.45, 7) is 16.4. The summed E-state index contributed by atoms with van der Waals surface area (Å²) >= 11 is 3.41. The number of halogens is 1. The van der Waals surface area contributed by atoms with Crippen molar-refractivity contribution in [2.75, 3.05) is 111 Å². The van der Waals surface area contributed by atoms with Crippen LogP contribution in [0.4, 0.5) is 0 Å². The number of amides is 3. The number of hydrogen-bond donors (Lipinski definition) is 3. The van der Waals surface area contributed by atoms with E-state index < -0.39 is 18.3 Å². The van der Waals surface area contributed by atoms with E-state index in [2.05, 4.69) is 121 Å². The van der Waals surface area contributed by atoms with Gasteiger partial charge in [0.2, 0.25) is 0 Å². The van der Waals surface area contributed by atoms with E-state index in [9.17, 15) is 34.5 Å². The van der Waals surface area contributed by atoms with Gasteiger partial charge in [0.1, 0.15) is 37.1 Å². The van der Waals surface area contributed by atoms with Crippen LogP contribution in [0.2, 0.25) is 0 Å². The predicted octanol–water partition coefficient (Wildman–Crippen LogP) is 8.33. The number of fused-ring (bicyclic) bond motifs is 6. The third kappa shape index (κ3) is 16.4. The lowest BCUT2D eigenvalue weighted by atomic mass is 9.99. The minimum atomic E-state index is -0.637. The van der Waals surface area contributed by atoms with Crippen molar-refractivity contribution in [2.24, 2.45) is 0 Å². The first-order valence-electron chi connectivity index (χ1n) is 32.2. The average molecular weight is 1290 g/mol.